The van der Waals surface area contributed by atoms with Gasteiger partial charge in [0.2, 0.25) is 0 Å². The first-order valence-electron chi connectivity index (χ1n) is 6.32. The number of methoxy groups -OCH3 is 1. The minimum atomic E-state index is -0.178. The highest BCUT2D eigenvalue weighted by molar-refractivity contribution is 6.35. The lowest BCUT2D eigenvalue weighted by atomic mass is 9.88. The molecule has 2 nitrogen and oxygen atoms in total. The van der Waals surface area contributed by atoms with Gasteiger partial charge in [-0.15, -0.1) is 0 Å². The fourth-order valence-corrected chi connectivity index (χ4v) is 3.30. The normalized spacial score (nSPS) is 20.0. The highest BCUT2D eigenvalue weighted by Gasteiger charge is 2.39. The Labute approximate surface area is 118 Å². The topological polar surface area (TPSA) is 35.2 Å². The molecule has 1 aliphatic carbocycles. The Morgan fingerprint density at radius 2 is 2.00 bits per heavy atom. The van der Waals surface area contributed by atoms with E-state index in [0.29, 0.717) is 10.0 Å². The van der Waals surface area contributed by atoms with E-state index in [4.69, 9.17) is 33.7 Å². The second-order valence-electron chi connectivity index (χ2n) is 5.02. The van der Waals surface area contributed by atoms with Crippen LogP contribution in [0.1, 0.15) is 31.2 Å². The molecule has 0 amide bonds. The molecular formula is C14H19Cl2NO. The smallest absolute Gasteiger partial charge is 0.0832 e. The molecule has 0 radical (unpaired) electrons. The van der Waals surface area contributed by atoms with Crippen molar-refractivity contribution in [3.63, 3.8) is 0 Å². The Morgan fingerprint density at radius 3 is 2.56 bits per heavy atom. The number of ether oxygens (including phenoxy) is 1. The van der Waals surface area contributed by atoms with Crippen LogP contribution in [0.4, 0.5) is 0 Å². The van der Waals surface area contributed by atoms with Gasteiger partial charge in [0.25, 0.3) is 0 Å². The lowest BCUT2D eigenvalue weighted by Crippen LogP contribution is -2.48. The minimum absolute atomic E-state index is 0.0244. The Kier molecular flexibility index (Phi) is 4.54. The molecule has 0 saturated heterocycles. The maximum atomic E-state index is 6.35. The molecule has 1 fully saturated rings. The summed E-state index contributed by atoms with van der Waals surface area (Å²) >= 11 is 12.1. The third-order valence-corrected chi connectivity index (χ3v) is 4.57. The molecular weight excluding hydrogens is 269 g/mol. The zero-order valence-corrected chi connectivity index (χ0v) is 12.1. The third kappa shape index (κ3) is 2.83. The highest BCUT2D eigenvalue weighted by atomic mass is 35.5. The van der Waals surface area contributed by atoms with E-state index in [-0.39, 0.29) is 11.6 Å². The Hall–Kier alpha value is -0.280. The van der Waals surface area contributed by atoms with Crippen molar-refractivity contribution in [2.45, 2.75) is 43.7 Å². The van der Waals surface area contributed by atoms with E-state index < -0.39 is 0 Å². The van der Waals surface area contributed by atoms with Crippen LogP contribution >= 0.6 is 23.2 Å². The molecule has 0 bridgehead atoms. The van der Waals surface area contributed by atoms with Gasteiger partial charge in [-0.2, -0.15) is 0 Å². The maximum Gasteiger partial charge on any atom is 0.0832 e. The van der Waals surface area contributed by atoms with Gasteiger partial charge in [0.1, 0.15) is 0 Å². The number of rotatable bonds is 4. The van der Waals surface area contributed by atoms with Gasteiger partial charge in [-0.25, -0.2) is 0 Å². The van der Waals surface area contributed by atoms with Gasteiger partial charge in [-0.05, 0) is 37.0 Å². The highest BCUT2D eigenvalue weighted by Crippen LogP contribution is 2.36. The Balaban J connectivity index is 2.12. The van der Waals surface area contributed by atoms with Crippen LogP contribution in [-0.2, 0) is 11.2 Å². The van der Waals surface area contributed by atoms with E-state index in [1.54, 1.807) is 13.2 Å². The van der Waals surface area contributed by atoms with Crippen LogP contribution in [0.2, 0.25) is 10.0 Å². The first kappa shape index (κ1) is 14.1. The van der Waals surface area contributed by atoms with Crippen molar-refractivity contribution in [2.24, 2.45) is 5.73 Å². The maximum absolute atomic E-state index is 6.35. The lowest BCUT2D eigenvalue weighted by molar-refractivity contribution is -0.0253. The van der Waals surface area contributed by atoms with E-state index in [9.17, 15) is 0 Å². The summed E-state index contributed by atoms with van der Waals surface area (Å²) in [4.78, 5) is 0. The Bertz CT molecular complexity index is 416. The first-order chi connectivity index (χ1) is 8.57. The van der Waals surface area contributed by atoms with Crippen LogP contribution in [0.5, 0.6) is 0 Å². The zero-order valence-electron chi connectivity index (χ0n) is 10.6. The summed E-state index contributed by atoms with van der Waals surface area (Å²) in [6, 6.07) is 5.54. The summed E-state index contributed by atoms with van der Waals surface area (Å²) in [6.45, 7) is 0. The number of halogens is 2. The van der Waals surface area contributed by atoms with E-state index in [1.807, 2.05) is 12.1 Å². The summed E-state index contributed by atoms with van der Waals surface area (Å²) in [5.74, 6) is 0. The molecule has 4 heteroatoms. The van der Waals surface area contributed by atoms with Gasteiger partial charge in [0.15, 0.2) is 0 Å². The molecule has 1 unspecified atom stereocenters. The number of benzene rings is 1. The number of nitrogens with two attached hydrogens (primary N) is 1. The molecule has 1 aromatic carbocycles. The third-order valence-electron chi connectivity index (χ3n) is 3.99. The van der Waals surface area contributed by atoms with Gasteiger partial charge < -0.3 is 10.5 Å². The molecule has 0 aromatic heterocycles. The van der Waals surface area contributed by atoms with Gasteiger partial charge in [0.05, 0.1) is 5.60 Å². The van der Waals surface area contributed by atoms with Crippen molar-refractivity contribution < 1.29 is 4.74 Å². The van der Waals surface area contributed by atoms with Crippen molar-refractivity contribution in [1.82, 2.24) is 0 Å². The molecule has 1 atom stereocenters. The SMILES string of the molecule is COC1(C(N)Cc2ccc(Cl)cc2Cl)CCCC1. The molecule has 2 rings (SSSR count). The second kappa shape index (κ2) is 5.79. The van der Waals surface area contributed by atoms with Crippen molar-refractivity contribution in [3.05, 3.63) is 33.8 Å². The standard InChI is InChI=1S/C14H19Cl2NO/c1-18-14(6-2-3-7-14)13(17)8-10-4-5-11(15)9-12(10)16/h4-5,9,13H,2-3,6-8,17H2,1H3. The van der Waals surface area contributed by atoms with Gasteiger partial charge in [-0.1, -0.05) is 42.1 Å². The molecule has 0 heterocycles. The number of hydrogen-bond donors (Lipinski definition) is 1. The summed E-state index contributed by atoms with van der Waals surface area (Å²) in [5, 5.41) is 1.34. The van der Waals surface area contributed by atoms with E-state index in [2.05, 4.69) is 0 Å². The molecule has 1 saturated carbocycles. The molecule has 1 aliphatic rings. The monoisotopic (exact) mass is 287 g/mol. The average Bonchev–Trinajstić information content (AvgIpc) is 2.82. The van der Waals surface area contributed by atoms with Crippen LogP contribution in [0, 0.1) is 0 Å². The van der Waals surface area contributed by atoms with Crippen LogP contribution in [0.3, 0.4) is 0 Å². The van der Waals surface area contributed by atoms with Gasteiger partial charge in [0, 0.05) is 23.2 Å². The Morgan fingerprint density at radius 1 is 1.33 bits per heavy atom. The predicted octanol–water partition coefficient (Wildman–Crippen LogP) is 3.82. The van der Waals surface area contributed by atoms with Crippen LogP contribution in [-0.4, -0.2) is 18.8 Å². The van der Waals surface area contributed by atoms with Crippen LogP contribution < -0.4 is 5.73 Å². The zero-order chi connectivity index (χ0) is 13.2. The number of hydrogen-bond acceptors (Lipinski definition) is 2. The quantitative estimate of drug-likeness (QED) is 0.914. The largest absolute Gasteiger partial charge is 0.377 e. The fraction of sp³-hybridized carbons (Fsp3) is 0.571. The predicted molar refractivity (Wildman–Crippen MR) is 76.3 cm³/mol. The molecule has 1 aromatic rings. The average molecular weight is 288 g/mol. The molecule has 100 valence electrons. The summed E-state index contributed by atoms with van der Waals surface area (Å²) < 4.78 is 5.70. The fourth-order valence-electron chi connectivity index (χ4n) is 2.81. The molecule has 18 heavy (non-hydrogen) atoms. The van der Waals surface area contributed by atoms with E-state index in [1.165, 1.54) is 12.8 Å². The second-order valence-corrected chi connectivity index (χ2v) is 5.87. The summed E-state index contributed by atoms with van der Waals surface area (Å²) in [7, 11) is 1.76. The van der Waals surface area contributed by atoms with Crippen LogP contribution in [0.25, 0.3) is 0 Å². The molecule has 0 spiro atoms. The van der Waals surface area contributed by atoms with Crippen LogP contribution in [0.15, 0.2) is 18.2 Å². The van der Waals surface area contributed by atoms with Crippen molar-refractivity contribution in [2.75, 3.05) is 7.11 Å². The van der Waals surface area contributed by atoms with Crippen molar-refractivity contribution >= 4 is 23.2 Å². The summed E-state index contributed by atoms with van der Waals surface area (Å²) in [6.07, 6.45) is 5.18. The summed E-state index contributed by atoms with van der Waals surface area (Å²) in [5.41, 5.74) is 7.21. The van der Waals surface area contributed by atoms with E-state index >= 15 is 0 Å². The van der Waals surface area contributed by atoms with E-state index in [0.717, 1.165) is 24.8 Å². The lowest BCUT2D eigenvalue weighted by Gasteiger charge is -2.34. The molecule has 0 aliphatic heterocycles. The van der Waals surface area contributed by atoms with Crippen molar-refractivity contribution in [1.29, 1.82) is 0 Å². The van der Waals surface area contributed by atoms with Crippen molar-refractivity contribution in [3.8, 4) is 0 Å². The molecule has 2 N–H and O–H groups in total. The minimum Gasteiger partial charge on any atom is -0.377 e. The van der Waals surface area contributed by atoms with Gasteiger partial charge >= 0.3 is 0 Å². The van der Waals surface area contributed by atoms with Gasteiger partial charge in [-0.3, -0.25) is 0 Å². The first-order valence-corrected chi connectivity index (χ1v) is 7.08.